The fraction of sp³-hybridized carbons (Fsp3) is 0.349. The number of hydrogen-bond acceptors (Lipinski definition) is 8. The molecule has 4 aromatic rings. The third-order valence-corrected chi connectivity index (χ3v) is 8.61. The van der Waals surface area contributed by atoms with Gasteiger partial charge in [-0.15, -0.1) is 13.2 Å². The summed E-state index contributed by atoms with van der Waals surface area (Å²) in [4.78, 5) is 56.9. The number of aromatic nitrogens is 2. The van der Waals surface area contributed by atoms with Gasteiger partial charge in [0.15, 0.2) is 0 Å². The molecule has 2 atom stereocenters. The summed E-state index contributed by atoms with van der Waals surface area (Å²) in [6.45, 7) is 19.8. The molecule has 4 N–H and O–H groups in total. The number of carbonyl (C=O) groups is 4. The normalized spacial score (nSPS) is 12.1. The summed E-state index contributed by atoms with van der Waals surface area (Å²) < 4.78 is 0.997. The zero-order chi connectivity index (χ0) is 41.2. The summed E-state index contributed by atoms with van der Waals surface area (Å²) in [5.74, 6) is 0.00410. The van der Waals surface area contributed by atoms with E-state index in [2.05, 4.69) is 60.3 Å². The largest absolute Gasteiger partial charge is 0.370 e. The molecule has 0 aliphatic heterocycles. The highest BCUT2D eigenvalue weighted by Crippen LogP contribution is 2.27. The summed E-state index contributed by atoms with van der Waals surface area (Å²) in [6.07, 6.45) is 7.56. The van der Waals surface area contributed by atoms with Crippen LogP contribution in [-0.2, 0) is 16.1 Å². The number of anilines is 1. The molecule has 2 unspecified atom stereocenters. The van der Waals surface area contributed by atoms with E-state index >= 15 is 0 Å². The molecule has 1 aliphatic carbocycles. The van der Waals surface area contributed by atoms with Gasteiger partial charge < -0.3 is 31.0 Å². The van der Waals surface area contributed by atoms with Crippen LogP contribution in [0.1, 0.15) is 84.1 Å². The van der Waals surface area contributed by atoms with Gasteiger partial charge >= 0.3 is 0 Å². The molecular weight excluding hydrogens is 758 g/mol. The van der Waals surface area contributed by atoms with E-state index in [4.69, 9.17) is 4.79 Å². The van der Waals surface area contributed by atoms with E-state index < -0.39 is 0 Å². The molecule has 2 heterocycles. The first-order valence-corrected chi connectivity index (χ1v) is 19.2. The maximum absolute atomic E-state index is 13.3. The standard InChI is InChI=1S/C32H39BrN6O3.C6H7N.C2H6.C2H4.CH2O/c1-21(25-5-4-12-34-19-25)38-32(42)27-15-26(16-29(17-27)39(3)20-24-8-10-28(33)11-9-24)31(41)36-14-13-35-22(2)30(40)37-18-23-6-7-23;1-6-4-2-3-5-7-6;3*1-2/h4-5,8-12,15-17,19,21-23,35H,6-7,13-14,18,20H2,1-3H3,(H,36,41)(H,37,40)(H,38,42);2-5H,1H3;1-2H3;1-2H2;1H2. The van der Waals surface area contributed by atoms with E-state index in [1.54, 1.807) is 36.8 Å². The lowest BCUT2D eigenvalue weighted by atomic mass is 10.1. The van der Waals surface area contributed by atoms with Crippen LogP contribution in [0.3, 0.4) is 0 Å². The first-order chi connectivity index (χ1) is 26.6. The predicted octanol–water partition coefficient (Wildman–Crippen LogP) is 7.24. The number of aryl methyl sites for hydroxylation is 1. The minimum Gasteiger partial charge on any atom is -0.370 e. The molecule has 0 bridgehead atoms. The molecule has 12 heteroatoms. The van der Waals surface area contributed by atoms with Crippen LogP contribution in [0, 0.1) is 12.8 Å². The molecule has 5 rings (SSSR count). The Morgan fingerprint density at radius 2 is 1.53 bits per heavy atom. The lowest BCUT2D eigenvalue weighted by molar-refractivity contribution is -0.122. The van der Waals surface area contributed by atoms with Crippen molar-refractivity contribution in [3.8, 4) is 0 Å². The van der Waals surface area contributed by atoms with Crippen LogP contribution in [0.15, 0.2) is 109 Å². The van der Waals surface area contributed by atoms with E-state index in [-0.39, 0.29) is 29.8 Å². The molecule has 55 heavy (non-hydrogen) atoms. The van der Waals surface area contributed by atoms with Gasteiger partial charge in [-0.25, -0.2) is 0 Å². The smallest absolute Gasteiger partial charge is 0.251 e. The lowest BCUT2D eigenvalue weighted by Gasteiger charge is -2.22. The Morgan fingerprint density at radius 3 is 2.07 bits per heavy atom. The summed E-state index contributed by atoms with van der Waals surface area (Å²) in [5.41, 5.74) is 4.55. The van der Waals surface area contributed by atoms with Crippen molar-refractivity contribution in [2.24, 2.45) is 5.92 Å². The van der Waals surface area contributed by atoms with Crippen LogP contribution >= 0.6 is 15.9 Å². The predicted molar refractivity (Wildman–Crippen MR) is 227 cm³/mol. The fourth-order valence-corrected chi connectivity index (χ4v) is 5.14. The molecule has 0 radical (unpaired) electrons. The molecule has 3 amide bonds. The van der Waals surface area contributed by atoms with E-state index in [9.17, 15) is 14.4 Å². The van der Waals surface area contributed by atoms with E-state index in [1.807, 2.05) is 108 Å². The molecule has 11 nitrogen and oxygen atoms in total. The van der Waals surface area contributed by atoms with Crippen molar-refractivity contribution in [1.82, 2.24) is 31.2 Å². The summed E-state index contributed by atoms with van der Waals surface area (Å²) in [7, 11) is 1.93. The number of nitrogens with zero attached hydrogens (tertiary/aromatic N) is 3. The van der Waals surface area contributed by atoms with Crippen molar-refractivity contribution in [3.63, 3.8) is 0 Å². The molecule has 0 spiro atoms. The second-order valence-corrected chi connectivity index (χ2v) is 13.2. The van der Waals surface area contributed by atoms with Gasteiger partial charge in [-0.1, -0.05) is 54.0 Å². The minimum atomic E-state index is -0.353. The third-order valence-electron chi connectivity index (χ3n) is 8.08. The Morgan fingerprint density at radius 1 is 0.873 bits per heavy atom. The molecular formula is C43H58BrN7O4. The van der Waals surface area contributed by atoms with Crippen molar-refractivity contribution in [2.75, 3.05) is 31.6 Å². The lowest BCUT2D eigenvalue weighted by Crippen LogP contribution is -2.45. The number of halogens is 1. The Balaban J connectivity index is 0.00000101. The van der Waals surface area contributed by atoms with Crippen LogP contribution in [0.2, 0.25) is 0 Å². The maximum Gasteiger partial charge on any atom is 0.251 e. The number of benzene rings is 2. The van der Waals surface area contributed by atoms with Crippen LogP contribution in [-0.4, -0.2) is 67.2 Å². The van der Waals surface area contributed by atoms with Gasteiger partial charge in [-0.2, -0.15) is 0 Å². The van der Waals surface area contributed by atoms with Crippen LogP contribution in [0.4, 0.5) is 5.69 Å². The Labute approximate surface area is 336 Å². The van der Waals surface area contributed by atoms with Crippen LogP contribution in [0.25, 0.3) is 0 Å². The fourth-order valence-electron chi connectivity index (χ4n) is 4.87. The highest BCUT2D eigenvalue weighted by Gasteiger charge is 2.23. The average Bonchev–Trinajstić information content (AvgIpc) is 4.07. The molecule has 1 aliphatic rings. The van der Waals surface area contributed by atoms with Crippen LogP contribution in [0.5, 0.6) is 0 Å². The Hall–Kier alpha value is -5.20. The molecule has 1 fully saturated rings. The average molecular weight is 817 g/mol. The van der Waals surface area contributed by atoms with Gasteiger partial charge in [0.25, 0.3) is 11.8 Å². The molecule has 2 aromatic heterocycles. The maximum atomic E-state index is 13.3. The van der Waals surface area contributed by atoms with Gasteiger partial charge in [0.05, 0.1) is 12.1 Å². The first kappa shape index (κ1) is 47.8. The van der Waals surface area contributed by atoms with Crippen molar-refractivity contribution >= 4 is 46.1 Å². The van der Waals surface area contributed by atoms with Gasteiger partial charge in [-0.05, 0) is 99.2 Å². The number of pyridine rings is 2. The second-order valence-electron chi connectivity index (χ2n) is 12.3. The Bertz CT molecular complexity index is 1690. The number of hydrogen-bond donors (Lipinski definition) is 4. The molecule has 296 valence electrons. The van der Waals surface area contributed by atoms with Gasteiger partial charge in [0, 0.05) is 78.8 Å². The monoisotopic (exact) mass is 815 g/mol. The highest BCUT2D eigenvalue weighted by atomic mass is 79.9. The summed E-state index contributed by atoms with van der Waals surface area (Å²) >= 11 is 3.47. The van der Waals surface area contributed by atoms with Crippen molar-refractivity contribution < 1.29 is 19.2 Å². The second kappa shape index (κ2) is 27.4. The van der Waals surface area contributed by atoms with Gasteiger partial charge in [-0.3, -0.25) is 24.4 Å². The van der Waals surface area contributed by atoms with E-state index in [0.717, 1.165) is 33.5 Å². The van der Waals surface area contributed by atoms with Gasteiger partial charge in [0.1, 0.15) is 6.79 Å². The number of nitrogens with one attached hydrogen (secondary N) is 4. The first-order valence-electron chi connectivity index (χ1n) is 18.4. The highest BCUT2D eigenvalue weighted by molar-refractivity contribution is 9.10. The third kappa shape index (κ3) is 18.6. The van der Waals surface area contributed by atoms with E-state index in [0.29, 0.717) is 36.7 Å². The molecule has 0 saturated heterocycles. The topological polar surface area (TPSA) is 145 Å². The van der Waals surface area contributed by atoms with Crippen molar-refractivity contribution in [1.29, 1.82) is 0 Å². The number of carbonyl (C=O) groups excluding carboxylic acids is 4. The quantitative estimate of drug-likeness (QED) is 0.0771. The summed E-state index contributed by atoms with van der Waals surface area (Å²) in [5, 5.41) is 12.0. The number of rotatable bonds is 14. The van der Waals surface area contributed by atoms with E-state index in [1.165, 1.54) is 12.8 Å². The minimum absolute atomic E-state index is 0.0362. The summed E-state index contributed by atoms with van der Waals surface area (Å²) in [6, 6.07) is 22.2. The molecule has 1 saturated carbocycles. The molecule has 2 aromatic carbocycles. The SMILES string of the molecule is C=C.C=O.CC.CC(NCCNC(=O)c1cc(C(=O)NC(C)c2cccnc2)cc(N(C)Cc2ccc(Br)cc2)c1)C(=O)NCC1CC1.Cc1ccccn1. The zero-order valence-electron chi connectivity index (χ0n) is 33.1. The Kier molecular flexibility index (Phi) is 23.8. The van der Waals surface area contributed by atoms with Crippen molar-refractivity contribution in [3.05, 3.63) is 137 Å². The van der Waals surface area contributed by atoms with Crippen LogP contribution < -0.4 is 26.2 Å². The van der Waals surface area contributed by atoms with Crippen molar-refractivity contribution in [2.45, 2.75) is 66.1 Å². The number of amides is 3. The van der Waals surface area contributed by atoms with Gasteiger partial charge in [0.2, 0.25) is 5.91 Å². The zero-order valence-corrected chi connectivity index (χ0v) is 34.7.